The molecule has 4 heteroatoms. The summed E-state index contributed by atoms with van der Waals surface area (Å²) in [6.07, 6.45) is 7.54. The monoisotopic (exact) mass is 325 g/mol. The van der Waals surface area contributed by atoms with Crippen LogP contribution in [0.25, 0.3) is 0 Å². The highest BCUT2D eigenvalue weighted by Gasteiger charge is 2.12. The molecule has 0 saturated carbocycles. The standard InChI is InChI=1S/C15H20BrNO2/c1-4-6-7-19-15-13(16)9-11(8-12(17)5-2)10-14(15)18-3/h1,9-10,12H,5-8,17H2,2-3H3. The summed E-state index contributed by atoms with van der Waals surface area (Å²) >= 11 is 3.51. The molecule has 3 nitrogen and oxygen atoms in total. The van der Waals surface area contributed by atoms with Crippen molar-refractivity contribution in [2.24, 2.45) is 5.73 Å². The second-order valence-corrected chi connectivity index (χ2v) is 5.14. The summed E-state index contributed by atoms with van der Waals surface area (Å²) in [5.74, 6) is 3.93. The minimum absolute atomic E-state index is 0.157. The summed E-state index contributed by atoms with van der Waals surface area (Å²) < 4.78 is 11.9. The first-order valence-electron chi connectivity index (χ1n) is 6.30. The van der Waals surface area contributed by atoms with Gasteiger partial charge < -0.3 is 15.2 Å². The molecule has 0 aliphatic carbocycles. The zero-order chi connectivity index (χ0) is 14.3. The van der Waals surface area contributed by atoms with Crippen molar-refractivity contribution in [3.05, 3.63) is 22.2 Å². The molecule has 1 aromatic rings. The molecule has 0 amide bonds. The van der Waals surface area contributed by atoms with E-state index in [-0.39, 0.29) is 6.04 Å². The van der Waals surface area contributed by atoms with Gasteiger partial charge >= 0.3 is 0 Å². The molecule has 104 valence electrons. The molecule has 1 atom stereocenters. The van der Waals surface area contributed by atoms with E-state index < -0.39 is 0 Å². The SMILES string of the molecule is C#CCCOc1c(Br)cc(CC(N)CC)cc1OC. The average Bonchev–Trinajstić information content (AvgIpc) is 2.40. The maximum absolute atomic E-state index is 5.97. The molecule has 1 unspecified atom stereocenters. The lowest BCUT2D eigenvalue weighted by molar-refractivity contribution is 0.299. The van der Waals surface area contributed by atoms with E-state index in [1.807, 2.05) is 12.1 Å². The largest absolute Gasteiger partial charge is 0.493 e. The summed E-state index contributed by atoms with van der Waals surface area (Å²) in [5.41, 5.74) is 7.10. The third-order valence-electron chi connectivity index (χ3n) is 2.80. The van der Waals surface area contributed by atoms with Crippen LogP contribution in [0.15, 0.2) is 16.6 Å². The normalized spacial score (nSPS) is 11.7. The molecule has 0 radical (unpaired) electrons. The van der Waals surface area contributed by atoms with Crippen LogP contribution in [0.3, 0.4) is 0 Å². The van der Waals surface area contributed by atoms with Gasteiger partial charge in [0, 0.05) is 12.5 Å². The number of hydrogen-bond donors (Lipinski definition) is 1. The molecular formula is C15H20BrNO2. The minimum Gasteiger partial charge on any atom is -0.493 e. The number of terminal acetylenes is 1. The van der Waals surface area contributed by atoms with E-state index >= 15 is 0 Å². The number of ether oxygens (including phenoxy) is 2. The second-order valence-electron chi connectivity index (χ2n) is 4.28. The van der Waals surface area contributed by atoms with Gasteiger partial charge in [-0.25, -0.2) is 0 Å². The van der Waals surface area contributed by atoms with Crippen LogP contribution in [0.2, 0.25) is 0 Å². The number of methoxy groups -OCH3 is 1. The Morgan fingerprint density at radius 3 is 2.79 bits per heavy atom. The Morgan fingerprint density at radius 1 is 1.47 bits per heavy atom. The highest BCUT2D eigenvalue weighted by molar-refractivity contribution is 9.10. The maximum atomic E-state index is 5.97. The Morgan fingerprint density at radius 2 is 2.21 bits per heavy atom. The lowest BCUT2D eigenvalue weighted by Gasteiger charge is -2.15. The van der Waals surface area contributed by atoms with Crippen LogP contribution in [0, 0.1) is 12.3 Å². The number of halogens is 1. The first-order valence-corrected chi connectivity index (χ1v) is 7.09. The topological polar surface area (TPSA) is 44.5 Å². The minimum atomic E-state index is 0.157. The first-order chi connectivity index (χ1) is 9.12. The lowest BCUT2D eigenvalue weighted by atomic mass is 10.0. The van der Waals surface area contributed by atoms with Crippen molar-refractivity contribution in [2.75, 3.05) is 13.7 Å². The highest BCUT2D eigenvalue weighted by Crippen LogP contribution is 2.37. The summed E-state index contributed by atoms with van der Waals surface area (Å²) in [7, 11) is 1.62. The Balaban J connectivity index is 2.91. The van der Waals surface area contributed by atoms with Crippen molar-refractivity contribution in [3.63, 3.8) is 0 Å². The molecule has 0 fully saturated rings. The number of rotatable bonds is 7. The average molecular weight is 326 g/mol. The summed E-state index contributed by atoms with van der Waals surface area (Å²) in [6, 6.07) is 4.14. The van der Waals surface area contributed by atoms with E-state index in [9.17, 15) is 0 Å². The molecule has 0 aliphatic rings. The smallest absolute Gasteiger partial charge is 0.175 e. The van der Waals surface area contributed by atoms with E-state index in [1.165, 1.54) is 0 Å². The van der Waals surface area contributed by atoms with Crippen LogP contribution in [0.4, 0.5) is 0 Å². The van der Waals surface area contributed by atoms with Crippen molar-refractivity contribution < 1.29 is 9.47 Å². The van der Waals surface area contributed by atoms with Crippen LogP contribution in [0.1, 0.15) is 25.3 Å². The van der Waals surface area contributed by atoms with Crippen molar-refractivity contribution in [1.82, 2.24) is 0 Å². The van der Waals surface area contributed by atoms with Crippen LogP contribution in [0.5, 0.6) is 11.5 Å². The van der Waals surface area contributed by atoms with Crippen molar-refractivity contribution in [2.45, 2.75) is 32.2 Å². The molecule has 0 saturated heterocycles. The molecule has 19 heavy (non-hydrogen) atoms. The third-order valence-corrected chi connectivity index (χ3v) is 3.39. The van der Waals surface area contributed by atoms with Gasteiger partial charge in [-0.1, -0.05) is 6.92 Å². The summed E-state index contributed by atoms with van der Waals surface area (Å²) in [6.45, 7) is 2.55. The zero-order valence-corrected chi connectivity index (χ0v) is 13.0. The predicted molar refractivity (Wildman–Crippen MR) is 81.6 cm³/mol. The van der Waals surface area contributed by atoms with Gasteiger partial charge in [-0.05, 0) is 46.5 Å². The Kier molecular flexibility index (Phi) is 6.75. The fourth-order valence-electron chi connectivity index (χ4n) is 1.69. The molecule has 0 aliphatic heterocycles. The molecule has 0 heterocycles. The van der Waals surface area contributed by atoms with Crippen molar-refractivity contribution in [1.29, 1.82) is 0 Å². The van der Waals surface area contributed by atoms with Gasteiger partial charge in [0.2, 0.25) is 0 Å². The molecule has 0 spiro atoms. The second kappa shape index (κ2) is 8.08. The number of benzene rings is 1. The van der Waals surface area contributed by atoms with Crippen LogP contribution in [-0.2, 0) is 6.42 Å². The Bertz CT molecular complexity index is 454. The van der Waals surface area contributed by atoms with Crippen molar-refractivity contribution >= 4 is 15.9 Å². The molecule has 0 bridgehead atoms. The van der Waals surface area contributed by atoms with Crippen molar-refractivity contribution in [3.8, 4) is 23.8 Å². The van der Waals surface area contributed by atoms with Gasteiger partial charge in [0.1, 0.15) is 0 Å². The van der Waals surface area contributed by atoms with Gasteiger partial charge in [0.15, 0.2) is 11.5 Å². The molecule has 1 aromatic carbocycles. The number of hydrogen-bond acceptors (Lipinski definition) is 3. The highest BCUT2D eigenvalue weighted by atomic mass is 79.9. The van der Waals surface area contributed by atoms with E-state index in [2.05, 4.69) is 28.8 Å². The van der Waals surface area contributed by atoms with Gasteiger partial charge in [-0.3, -0.25) is 0 Å². The van der Waals surface area contributed by atoms with E-state index in [1.54, 1.807) is 7.11 Å². The fraction of sp³-hybridized carbons (Fsp3) is 0.467. The van der Waals surface area contributed by atoms with Gasteiger partial charge in [-0.2, -0.15) is 0 Å². The quantitative estimate of drug-likeness (QED) is 0.618. The molecule has 2 N–H and O–H groups in total. The summed E-state index contributed by atoms with van der Waals surface area (Å²) in [5, 5.41) is 0. The molecule has 0 aromatic heterocycles. The van der Waals surface area contributed by atoms with E-state index in [0.717, 1.165) is 22.9 Å². The number of nitrogens with two attached hydrogens (primary N) is 1. The Labute approximate surface area is 123 Å². The van der Waals surface area contributed by atoms with Gasteiger partial charge in [0.25, 0.3) is 0 Å². The summed E-state index contributed by atoms with van der Waals surface area (Å²) in [4.78, 5) is 0. The predicted octanol–water partition coefficient (Wildman–Crippen LogP) is 3.14. The molecule has 1 rings (SSSR count). The van der Waals surface area contributed by atoms with Gasteiger partial charge in [0.05, 0.1) is 18.2 Å². The lowest BCUT2D eigenvalue weighted by Crippen LogP contribution is -2.21. The van der Waals surface area contributed by atoms with E-state index in [0.29, 0.717) is 24.5 Å². The third kappa shape index (κ3) is 4.77. The first kappa shape index (κ1) is 15.9. The fourth-order valence-corrected chi connectivity index (χ4v) is 2.29. The maximum Gasteiger partial charge on any atom is 0.175 e. The van der Waals surface area contributed by atoms with Crippen LogP contribution < -0.4 is 15.2 Å². The Hall–Kier alpha value is -1.18. The van der Waals surface area contributed by atoms with Gasteiger partial charge in [-0.15, -0.1) is 12.3 Å². The van der Waals surface area contributed by atoms with Crippen LogP contribution in [-0.4, -0.2) is 19.8 Å². The van der Waals surface area contributed by atoms with E-state index in [4.69, 9.17) is 21.6 Å². The van der Waals surface area contributed by atoms with Crippen LogP contribution >= 0.6 is 15.9 Å². The zero-order valence-electron chi connectivity index (χ0n) is 11.4. The molecular weight excluding hydrogens is 306 g/mol.